The Bertz CT molecular complexity index is 95.9. The second-order valence-corrected chi connectivity index (χ2v) is 1.84. The number of carbonyl (C=O) groups is 1. The zero-order valence-electron chi connectivity index (χ0n) is 7.05. The highest BCUT2D eigenvalue weighted by atomic mass is 16.6. The number of rotatable bonds is 2. The third-order valence-electron chi connectivity index (χ3n) is 1.01. The first kappa shape index (κ1) is 10.2. The summed E-state index contributed by atoms with van der Waals surface area (Å²) in [4.78, 5) is 9.91. The molecule has 1 amide bonds. The molecular formula is C7H15NO3. The molecule has 1 N–H and O–H groups in total. The minimum atomic E-state index is -0.296. The second-order valence-electron chi connectivity index (χ2n) is 1.84. The lowest BCUT2D eigenvalue weighted by Gasteiger charge is -1.86. The smallest absolute Gasteiger partial charge is 0.407 e. The molecule has 4 heteroatoms. The summed E-state index contributed by atoms with van der Waals surface area (Å²) in [5.74, 6) is 0. The van der Waals surface area contributed by atoms with Crippen LogP contribution in [-0.2, 0) is 9.47 Å². The predicted octanol–water partition coefficient (Wildman–Crippen LogP) is 0.769. The molecule has 11 heavy (non-hydrogen) atoms. The SMILES string of the molecule is CCOCC.O=C1NCCO1. The Morgan fingerprint density at radius 2 is 2.18 bits per heavy atom. The van der Waals surface area contributed by atoms with Crippen molar-refractivity contribution in [3.05, 3.63) is 0 Å². The molecule has 0 unspecified atom stereocenters. The van der Waals surface area contributed by atoms with E-state index in [0.29, 0.717) is 13.2 Å². The van der Waals surface area contributed by atoms with E-state index in [1.807, 2.05) is 13.8 Å². The lowest BCUT2D eigenvalue weighted by atomic mass is 10.7. The Morgan fingerprint density at radius 3 is 2.27 bits per heavy atom. The topological polar surface area (TPSA) is 47.6 Å². The van der Waals surface area contributed by atoms with Crippen molar-refractivity contribution in [2.75, 3.05) is 26.4 Å². The highest BCUT2D eigenvalue weighted by Gasteiger charge is 2.06. The fraction of sp³-hybridized carbons (Fsp3) is 0.857. The number of alkyl carbamates (subject to hydrolysis) is 1. The largest absolute Gasteiger partial charge is 0.448 e. The number of ether oxygens (including phenoxy) is 2. The van der Waals surface area contributed by atoms with Gasteiger partial charge in [-0.2, -0.15) is 0 Å². The Kier molecular flexibility index (Phi) is 6.82. The third kappa shape index (κ3) is 7.12. The number of nitrogens with one attached hydrogen (secondary N) is 1. The van der Waals surface area contributed by atoms with E-state index >= 15 is 0 Å². The first-order chi connectivity index (χ1) is 5.31. The van der Waals surface area contributed by atoms with Gasteiger partial charge in [-0.25, -0.2) is 4.79 Å². The van der Waals surface area contributed by atoms with Gasteiger partial charge in [-0.15, -0.1) is 0 Å². The van der Waals surface area contributed by atoms with Crippen LogP contribution < -0.4 is 5.32 Å². The maximum atomic E-state index is 9.91. The van der Waals surface area contributed by atoms with E-state index in [2.05, 4.69) is 10.1 Å². The first-order valence-corrected chi connectivity index (χ1v) is 3.79. The Balaban J connectivity index is 0.000000187. The number of carbonyl (C=O) groups excluding carboxylic acids is 1. The lowest BCUT2D eigenvalue weighted by molar-refractivity contribution is 0.162. The molecule has 0 aromatic carbocycles. The summed E-state index contributed by atoms with van der Waals surface area (Å²) in [7, 11) is 0. The average molecular weight is 161 g/mol. The van der Waals surface area contributed by atoms with Gasteiger partial charge in [-0.1, -0.05) is 0 Å². The van der Waals surface area contributed by atoms with Crippen molar-refractivity contribution in [3.8, 4) is 0 Å². The van der Waals surface area contributed by atoms with Gasteiger partial charge in [0, 0.05) is 13.2 Å². The molecule has 0 saturated carbocycles. The molecule has 1 fully saturated rings. The summed E-state index contributed by atoms with van der Waals surface area (Å²) >= 11 is 0. The molecule has 4 nitrogen and oxygen atoms in total. The van der Waals surface area contributed by atoms with Crippen molar-refractivity contribution in [3.63, 3.8) is 0 Å². The minimum Gasteiger partial charge on any atom is -0.448 e. The van der Waals surface area contributed by atoms with Crippen LogP contribution in [0.3, 0.4) is 0 Å². The minimum absolute atomic E-state index is 0.296. The Labute approximate surface area is 66.9 Å². The molecule has 1 saturated heterocycles. The highest BCUT2D eigenvalue weighted by molar-refractivity contribution is 5.68. The summed E-state index contributed by atoms with van der Waals surface area (Å²) in [5, 5.41) is 2.46. The molecule has 1 rings (SSSR count). The van der Waals surface area contributed by atoms with Gasteiger partial charge in [-0.3, -0.25) is 0 Å². The van der Waals surface area contributed by atoms with Crippen LogP contribution in [0.2, 0.25) is 0 Å². The van der Waals surface area contributed by atoms with Crippen molar-refractivity contribution >= 4 is 6.09 Å². The molecule has 0 atom stereocenters. The van der Waals surface area contributed by atoms with Crippen molar-refractivity contribution in [2.45, 2.75) is 13.8 Å². The van der Waals surface area contributed by atoms with E-state index in [0.717, 1.165) is 13.2 Å². The van der Waals surface area contributed by atoms with Gasteiger partial charge in [0.1, 0.15) is 6.61 Å². The van der Waals surface area contributed by atoms with Crippen LogP contribution in [0.25, 0.3) is 0 Å². The number of amides is 1. The first-order valence-electron chi connectivity index (χ1n) is 3.79. The van der Waals surface area contributed by atoms with Gasteiger partial charge in [0.05, 0.1) is 6.54 Å². The fourth-order valence-corrected chi connectivity index (χ4v) is 0.552. The van der Waals surface area contributed by atoms with Crippen LogP contribution in [0.1, 0.15) is 13.8 Å². The second kappa shape index (κ2) is 7.34. The van der Waals surface area contributed by atoms with E-state index < -0.39 is 0 Å². The van der Waals surface area contributed by atoms with E-state index in [4.69, 9.17) is 4.74 Å². The summed E-state index contributed by atoms with van der Waals surface area (Å²) in [5.41, 5.74) is 0. The van der Waals surface area contributed by atoms with Crippen molar-refractivity contribution in [1.29, 1.82) is 0 Å². The predicted molar refractivity (Wildman–Crippen MR) is 41.5 cm³/mol. The molecule has 1 aliphatic rings. The quantitative estimate of drug-likeness (QED) is 0.650. The van der Waals surface area contributed by atoms with Crippen molar-refractivity contribution in [1.82, 2.24) is 5.32 Å². The van der Waals surface area contributed by atoms with Gasteiger partial charge in [0.25, 0.3) is 0 Å². The van der Waals surface area contributed by atoms with Crippen LogP contribution in [-0.4, -0.2) is 32.5 Å². The molecule has 1 heterocycles. The summed E-state index contributed by atoms with van der Waals surface area (Å²) in [6.45, 7) is 6.86. The van der Waals surface area contributed by atoms with E-state index in [9.17, 15) is 4.79 Å². The Hall–Kier alpha value is -0.770. The van der Waals surface area contributed by atoms with Gasteiger partial charge in [0.2, 0.25) is 0 Å². The van der Waals surface area contributed by atoms with Gasteiger partial charge in [-0.05, 0) is 13.8 Å². The molecule has 0 aromatic heterocycles. The van der Waals surface area contributed by atoms with Crippen LogP contribution in [0, 0.1) is 0 Å². The summed E-state index contributed by atoms with van der Waals surface area (Å²) in [6.07, 6.45) is -0.296. The fourth-order valence-electron chi connectivity index (χ4n) is 0.552. The maximum absolute atomic E-state index is 9.91. The van der Waals surface area contributed by atoms with E-state index in [-0.39, 0.29) is 6.09 Å². The number of cyclic esters (lactones) is 1. The molecule has 66 valence electrons. The molecule has 0 radical (unpaired) electrons. The van der Waals surface area contributed by atoms with Gasteiger partial charge < -0.3 is 14.8 Å². The lowest BCUT2D eigenvalue weighted by Crippen LogP contribution is -2.11. The van der Waals surface area contributed by atoms with Gasteiger partial charge >= 0.3 is 6.09 Å². The summed E-state index contributed by atoms with van der Waals surface area (Å²) in [6, 6.07) is 0. The zero-order chi connectivity index (χ0) is 8.53. The number of hydrogen-bond acceptors (Lipinski definition) is 3. The molecule has 0 spiro atoms. The average Bonchev–Trinajstić information content (AvgIpc) is 2.43. The van der Waals surface area contributed by atoms with E-state index in [1.165, 1.54) is 0 Å². The third-order valence-corrected chi connectivity index (χ3v) is 1.01. The highest BCUT2D eigenvalue weighted by Crippen LogP contribution is 1.82. The van der Waals surface area contributed by atoms with Crippen molar-refractivity contribution < 1.29 is 14.3 Å². The molecule has 0 bridgehead atoms. The van der Waals surface area contributed by atoms with Crippen LogP contribution >= 0.6 is 0 Å². The monoisotopic (exact) mass is 161 g/mol. The van der Waals surface area contributed by atoms with Crippen molar-refractivity contribution in [2.24, 2.45) is 0 Å². The molecule has 1 aliphatic heterocycles. The van der Waals surface area contributed by atoms with Crippen LogP contribution in [0.4, 0.5) is 4.79 Å². The molecule has 0 aliphatic carbocycles. The maximum Gasteiger partial charge on any atom is 0.407 e. The van der Waals surface area contributed by atoms with Crippen LogP contribution in [0.15, 0.2) is 0 Å². The number of hydrogen-bond donors (Lipinski definition) is 1. The van der Waals surface area contributed by atoms with Crippen LogP contribution in [0.5, 0.6) is 0 Å². The zero-order valence-corrected chi connectivity index (χ0v) is 7.05. The standard InChI is InChI=1S/C4H10O.C3H5NO2/c1-3-5-4-2;5-3-4-1-2-6-3/h3-4H2,1-2H3;1-2H2,(H,4,5). The summed E-state index contributed by atoms with van der Waals surface area (Å²) < 4.78 is 9.24. The van der Waals surface area contributed by atoms with E-state index in [1.54, 1.807) is 0 Å². The molecule has 0 aromatic rings. The molecular weight excluding hydrogens is 146 g/mol. The normalized spacial score (nSPS) is 14.5. The Morgan fingerprint density at radius 1 is 1.55 bits per heavy atom. The van der Waals surface area contributed by atoms with Gasteiger partial charge in [0.15, 0.2) is 0 Å².